The number of amides is 1. The van der Waals surface area contributed by atoms with Crippen LogP contribution in [0.15, 0.2) is 23.5 Å². The summed E-state index contributed by atoms with van der Waals surface area (Å²) in [5.41, 5.74) is 6.13. The molecule has 0 bridgehead atoms. The highest BCUT2D eigenvalue weighted by Crippen LogP contribution is 2.00. The molecule has 0 spiro atoms. The second-order valence-electron chi connectivity index (χ2n) is 3.72. The van der Waals surface area contributed by atoms with Gasteiger partial charge in [-0.05, 0) is 25.5 Å². The number of nitrogens with two attached hydrogens (primary N) is 1. The molecule has 0 aliphatic heterocycles. The number of hydrogen-bond donors (Lipinski definition) is 3. The van der Waals surface area contributed by atoms with Gasteiger partial charge in [0.25, 0.3) is 5.91 Å². The average Bonchev–Trinajstić information content (AvgIpc) is 2.46. The van der Waals surface area contributed by atoms with Crippen LogP contribution < -0.4 is 11.1 Å². The van der Waals surface area contributed by atoms with E-state index in [2.05, 4.69) is 15.5 Å². The number of amidine groups is 1. The lowest BCUT2D eigenvalue weighted by atomic mass is 10.2. The van der Waals surface area contributed by atoms with Crippen LogP contribution in [0.1, 0.15) is 29.4 Å². The Hall–Kier alpha value is -2.15. The Morgan fingerprint density at radius 3 is 2.95 bits per heavy atom. The van der Waals surface area contributed by atoms with Crippen molar-refractivity contribution in [1.29, 1.82) is 0 Å². The Kier molecular flexibility index (Phi) is 6.31. The smallest absolute Gasteiger partial charge is 0.269 e. The molecule has 0 aromatic carbocycles. The third-order valence-electron chi connectivity index (χ3n) is 2.35. The molecule has 4 N–H and O–H groups in total. The number of hydrogen-bond acceptors (Lipinski definition) is 5. The Labute approximate surface area is 111 Å². The van der Waals surface area contributed by atoms with E-state index in [1.54, 1.807) is 6.07 Å². The summed E-state index contributed by atoms with van der Waals surface area (Å²) in [6.45, 7) is 3.74. The molecule has 0 radical (unpaired) electrons. The minimum Gasteiger partial charge on any atom is -0.409 e. The van der Waals surface area contributed by atoms with E-state index in [9.17, 15) is 4.79 Å². The number of oxime groups is 1. The summed E-state index contributed by atoms with van der Waals surface area (Å²) in [5, 5.41) is 14.1. The molecule has 1 rings (SSSR count). The van der Waals surface area contributed by atoms with Gasteiger partial charge in [-0.2, -0.15) is 0 Å². The predicted octanol–water partition coefficient (Wildman–Crippen LogP) is 0.333. The molecule has 7 heteroatoms. The highest BCUT2D eigenvalue weighted by molar-refractivity contribution is 5.98. The second kappa shape index (κ2) is 8.04. The Morgan fingerprint density at radius 1 is 1.58 bits per heavy atom. The lowest BCUT2D eigenvalue weighted by Crippen LogP contribution is -2.26. The number of aromatic nitrogens is 1. The molecule has 7 nitrogen and oxygen atoms in total. The van der Waals surface area contributed by atoms with E-state index in [1.807, 2.05) is 6.92 Å². The SMILES string of the molecule is CCOCCCNC(=O)c1ccc(/C(N)=N/O)cn1. The maximum atomic E-state index is 11.7. The molecule has 0 saturated carbocycles. The van der Waals surface area contributed by atoms with Gasteiger partial charge in [0.05, 0.1) is 0 Å². The predicted molar refractivity (Wildman–Crippen MR) is 70.2 cm³/mol. The highest BCUT2D eigenvalue weighted by Gasteiger charge is 2.07. The van der Waals surface area contributed by atoms with Crippen molar-refractivity contribution in [3.8, 4) is 0 Å². The quantitative estimate of drug-likeness (QED) is 0.217. The molecule has 1 aromatic rings. The number of pyridine rings is 1. The third-order valence-corrected chi connectivity index (χ3v) is 2.35. The fraction of sp³-hybridized carbons (Fsp3) is 0.417. The normalized spacial score (nSPS) is 11.3. The first-order valence-corrected chi connectivity index (χ1v) is 5.99. The maximum Gasteiger partial charge on any atom is 0.269 e. The van der Waals surface area contributed by atoms with Crippen molar-refractivity contribution >= 4 is 11.7 Å². The monoisotopic (exact) mass is 266 g/mol. The number of carbonyl (C=O) groups is 1. The van der Waals surface area contributed by atoms with E-state index < -0.39 is 0 Å². The topological polar surface area (TPSA) is 110 Å². The van der Waals surface area contributed by atoms with Crippen LogP contribution in [0.5, 0.6) is 0 Å². The lowest BCUT2D eigenvalue weighted by molar-refractivity contribution is 0.0939. The van der Waals surface area contributed by atoms with Crippen molar-refractivity contribution < 1.29 is 14.7 Å². The van der Waals surface area contributed by atoms with Gasteiger partial charge >= 0.3 is 0 Å². The number of ether oxygens (including phenoxy) is 1. The minimum atomic E-state index is -0.262. The number of nitrogens with zero attached hydrogens (tertiary/aromatic N) is 2. The zero-order chi connectivity index (χ0) is 14.1. The van der Waals surface area contributed by atoms with Crippen molar-refractivity contribution in [2.24, 2.45) is 10.9 Å². The zero-order valence-corrected chi connectivity index (χ0v) is 10.8. The zero-order valence-electron chi connectivity index (χ0n) is 10.8. The molecule has 0 saturated heterocycles. The van der Waals surface area contributed by atoms with Crippen LogP contribution >= 0.6 is 0 Å². The van der Waals surface area contributed by atoms with E-state index in [0.717, 1.165) is 6.42 Å². The van der Waals surface area contributed by atoms with Gasteiger partial charge in [0, 0.05) is 31.5 Å². The van der Waals surface area contributed by atoms with E-state index in [1.165, 1.54) is 12.3 Å². The third kappa shape index (κ3) is 4.92. The first-order chi connectivity index (χ1) is 9.19. The number of carbonyl (C=O) groups excluding carboxylic acids is 1. The molecule has 0 atom stereocenters. The first kappa shape index (κ1) is 14.9. The van der Waals surface area contributed by atoms with E-state index in [-0.39, 0.29) is 17.4 Å². The molecule has 0 aliphatic rings. The fourth-order valence-electron chi connectivity index (χ4n) is 1.35. The van der Waals surface area contributed by atoms with Crippen LogP contribution in [0, 0.1) is 0 Å². The summed E-state index contributed by atoms with van der Waals surface area (Å²) >= 11 is 0. The van der Waals surface area contributed by atoms with Crippen molar-refractivity contribution in [1.82, 2.24) is 10.3 Å². The van der Waals surface area contributed by atoms with Gasteiger partial charge in [0.1, 0.15) is 5.69 Å². The molecule has 1 aromatic heterocycles. The highest BCUT2D eigenvalue weighted by atomic mass is 16.5. The van der Waals surface area contributed by atoms with Crippen LogP contribution in [-0.4, -0.2) is 41.7 Å². The second-order valence-corrected chi connectivity index (χ2v) is 3.72. The van der Waals surface area contributed by atoms with Gasteiger partial charge in [-0.1, -0.05) is 5.16 Å². The van der Waals surface area contributed by atoms with Gasteiger partial charge in [0.15, 0.2) is 5.84 Å². The summed E-state index contributed by atoms with van der Waals surface area (Å²) in [6, 6.07) is 3.09. The van der Waals surface area contributed by atoms with Crippen LogP contribution in [0.4, 0.5) is 0 Å². The molecule has 1 amide bonds. The van der Waals surface area contributed by atoms with Crippen LogP contribution in [0.2, 0.25) is 0 Å². The summed E-state index contributed by atoms with van der Waals surface area (Å²) in [7, 11) is 0. The number of nitrogens with one attached hydrogen (secondary N) is 1. The van der Waals surface area contributed by atoms with Gasteiger partial charge in [-0.3, -0.25) is 9.78 Å². The Bertz CT molecular complexity index is 431. The molecule has 0 fully saturated rings. The Balaban J connectivity index is 2.45. The van der Waals surface area contributed by atoms with Crippen molar-refractivity contribution in [3.05, 3.63) is 29.6 Å². The fourth-order valence-corrected chi connectivity index (χ4v) is 1.35. The van der Waals surface area contributed by atoms with Gasteiger partial charge in [-0.25, -0.2) is 0 Å². The maximum absolute atomic E-state index is 11.7. The molecule has 19 heavy (non-hydrogen) atoms. The van der Waals surface area contributed by atoms with E-state index >= 15 is 0 Å². The van der Waals surface area contributed by atoms with Crippen LogP contribution in [0.25, 0.3) is 0 Å². The van der Waals surface area contributed by atoms with Crippen LogP contribution in [0.3, 0.4) is 0 Å². The molecule has 104 valence electrons. The molecular weight excluding hydrogens is 248 g/mol. The first-order valence-electron chi connectivity index (χ1n) is 5.99. The average molecular weight is 266 g/mol. The Morgan fingerprint density at radius 2 is 2.37 bits per heavy atom. The van der Waals surface area contributed by atoms with Crippen molar-refractivity contribution in [2.75, 3.05) is 19.8 Å². The number of rotatable bonds is 7. The standard InChI is InChI=1S/C12H18N4O3/c1-2-19-7-3-6-14-12(17)10-5-4-9(8-15-10)11(13)16-18/h4-5,8,18H,2-3,6-7H2,1H3,(H2,13,16)(H,14,17). The largest absolute Gasteiger partial charge is 0.409 e. The summed E-state index contributed by atoms with van der Waals surface area (Å²) in [4.78, 5) is 15.7. The lowest BCUT2D eigenvalue weighted by Gasteiger charge is -2.05. The summed E-state index contributed by atoms with van der Waals surface area (Å²) in [6.07, 6.45) is 2.13. The molecule has 0 unspecified atom stereocenters. The van der Waals surface area contributed by atoms with E-state index in [0.29, 0.717) is 25.3 Å². The van der Waals surface area contributed by atoms with E-state index in [4.69, 9.17) is 15.7 Å². The summed E-state index contributed by atoms with van der Waals surface area (Å²) < 4.78 is 5.16. The van der Waals surface area contributed by atoms with Gasteiger partial charge < -0.3 is 21.0 Å². The molecule has 1 heterocycles. The summed E-state index contributed by atoms with van der Waals surface area (Å²) in [5.74, 6) is -0.307. The minimum absolute atomic E-state index is 0.0452. The van der Waals surface area contributed by atoms with Gasteiger partial charge in [-0.15, -0.1) is 0 Å². The van der Waals surface area contributed by atoms with Crippen molar-refractivity contribution in [2.45, 2.75) is 13.3 Å². The van der Waals surface area contributed by atoms with Crippen LogP contribution in [-0.2, 0) is 4.74 Å². The van der Waals surface area contributed by atoms with Crippen molar-refractivity contribution in [3.63, 3.8) is 0 Å². The molecular formula is C12H18N4O3. The van der Waals surface area contributed by atoms with Gasteiger partial charge in [0.2, 0.25) is 0 Å². The molecule has 0 aliphatic carbocycles.